The van der Waals surface area contributed by atoms with Gasteiger partial charge in [-0.1, -0.05) is 11.6 Å². The van der Waals surface area contributed by atoms with Gasteiger partial charge in [-0.15, -0.1) is 11.6 Å². The van der Waals surface area contributed by atoms with Crippen LogP contribution in [0.25, 0.3) is 0 Å². The normalized spacial score (nSPS) is 10.2. The second kappa shape index (κ2) is 8.82. The van der Waals surface area contributed by atoms with Gasteiger partial charge in [0.15, 0.2) is 0 Å². The number of hydrogen-bond donors (Lipinski definition) is 1. The average Bonchev–Trinajstić information content (AvgIpc) is 2.41. The Kier molecular flexibility index (Phi) is 7.41. The molecule has 1 rings (SSSR count). The summed E-state index contributed by atoms with van der Waals surface area (Å²) in [5.41, 5.74) is 0.655. The number of unbranched alkanes of at least 4 members (excludes halogenated alkanes) is 1. The van der Waals surface area contributed by atoms with Gasteiger partial charge in [0.2, 0.25) is 11.8 Å². The van der Waals surface area contributed by atoms with E-state index in [1.807, 2.05) is 0 Å². The summed E-state index contributed by atoms with van der Waals surface area (Å²) in [6.45, 7) is 0.0301. The number of amides is 2. The summed E-state index contributed by atoms with van der Waals surface area (Å²) < 4.78 is 0. The van der Waals surface area contributed by atoms with Crippen molar-refractivity contribution in [2.75, 3.05) is 24.8 Å². The molecule has 0 aliphatic rings. The largest absolute Gasteiger partial charge is 0.336 e. The lowest BCUT2D eigenvalue weighted by Crippen LogP contribution is -2.34. The summed E-state index contributed by atoms with van der Waals surface area (Å²) in [6, 6.07) is 6.81. The first-order valence-electron chi connectivity index (χ1n) is 6.38. The Labute approximate surface area is 129 Å². The van der Waals surface area contributed by atoms with Crippen LogP contribution in [0.1, 0.15) is 19.3 Å². The summed E-state index contributed by atoms with van der Waals surface area (Å²) in [6.07, 6.45) is 1.96. The lowest BCUT2D eigenvalue weighted by atomic mass is 10.2. The molecule has 0 atom stereocenters. The third kappa shape index (κ3) is 6.26. The second-order valence-electron chi connectivity index (χ2n) is 4.45. The van der Waals surface area contributed by atoms with Crippen LogP contribution in [-0.2, 0) is 9.59 Å². The van der Waals surface area contributed by atoms with E-state index in [1.165, 1.54) is 4.90 Å². The Balaban J connectivity index is 2.37. The van der Waals surface area contributed by atoms with E-state index in [9.17, 15) is 9.59 Å². The van der Waals surface area contributed by atoms with Crippen LogP contribution in [-0.4, -0.2) is 36.2 Å². The maximum absolute atomic E-state index is 11.8. The van der Waals surface area contributed by atoms with Crippen molar-refractivity contribution in [3.63, 3.8) is 0 Å². The molecule has 0 aliphatic carbocycles. The molecule has 1 N–H and O–H groups in total. The molecule has 6 heteroatoms. The molecule has 0 spiro atoms. The van der Waals surface area contributed by atoms with Crippen LogP contribution in [0.15, 0.2) is 24.3 Å². The van der Waals surface area contributed by atoms with Gasteiger partial charge in [0.25, 0.3) is 0 Å². The molecule has 0 aliphatic heterocycles. The highest BCUT2D eigenvalue weighted by molar-refractivity contribution is 6.30. The Bertz CT molecular complexity index is 449. The highest BCUT2D eigenvalue weighted by Crippen LogP contribution is 2.13. The summed E-state index contributed by atoms with van der Waals surface area (Å²) in [5.74, 6) is 0.260. The van der Waals surface area contributed by atoms with Gasteiger partial charge in [-0.25, -0.2) is 0 Å². The number of hydrogen-bond acceptors (Lipinski definition) is 2. The monoisotopic (exact) mass is 316 g/mol. The topological polar surface area (TPSA) is 49.4 Å². The molecule has 20 heavy (non-hydrogen) atoms. The summed E-state index contributed by atoms with van der Waals surface area (Å²) in [7, 11) is 1.62. The molecule has 2 amide bonds. The molecule has 0 saturated heterocycles. The van der Waals surface area contributed by atoms with Crippen molar-refractivity contribution >= 4 is 40.7 Å². The molecule has 0 unspecified atom stereocenters. The minimum atomic E-state index is -0.236. The van der Waals surface area contributed by atoms with E-state index in [-0.39, 0.29) is 18.4 Å². The van der Waals surface area contributed by atoms with Crippen molar-refractivity contribution in [3.05, 3.63) is 29.3 Å². The van der Waals surface area contributed by atoms with E-state index in [2.05, 4.69) is 5.32 Å². The van der Waals surface area contributed by atoms with E-state index in [1.54, 1.807) is 31.3 Å². The van der Waals surface area contributed by atoms with Crippen LogP contribution in [0.3, 0.4) is 0 Å². The first-order valence-corrected chi connectivity index (χ1v) is 7.29. The standard InChI is InChI=1S/C14H18Cl2N2O2/c1-18(14(20)4-2-3-9-15)10-13(19)17-12-7-5-11(16)6-8-12/h5-8H,2-4,9-10H2,1H3,(H,17,19). The second-order valence-corrected chi connectivity index (χ2v) is 5.27. The van der Waals surface area contributed by atoms with Crippen LogP contribution in [0, 0.1) is 0 Å². The number of benzene rings is 1. The molecular weight excluding hydrogens is 299 g/mol. The number of rotatable bonds is 7. The van der Waals surface area contributed by atoms with Gasteiger partial charge in [0.1, 0.15) is 0 Å². The van der Waals surface area contributed by atoms with Gasteiger partial charge in [-0.2, -0.15) is 0 Å². The van der Waals surface area contributed by atoms with Crippen molar-refractivity contribution in [2.45, 2.75) is 19.3 Å². The van der Waals surface area contributed by atoms with Crippen molar-refractivity contribution in [1.29, 1.82) is 0 Å². The number of carbonyl (C=O) groups excluding carboxylic acids is 2. The third-order valence-electron chi connectivity index (χ3n) is 2.71. The predicted molar refractivity (Wildman–Crippen MR) is 82.3 cm³/mol. The SMILES string of the molecule is CN(CC(=O)Nc1ccc(Cl)cc1)C(=O)CCCCCl. The quantitative estimate of drug-likeness (QED) is 0.620. The number of nitrogens with zero attached hydrogens (tertiary/aromatic N) is 1. The van der Waals surface area contributed by atoms with Crippen molar-refractivity contribution in [1.82, 2.24) is 4.90 Å². The Morgan fingerprint density at radius 1 is 1.20 bits per heavy atom. The maximum Gasteiger partial charge on any atom is 0.243 e. The summed E-state index contributed by atoms with van der Waals surface area (Å²) in [4.78, 5) is 24.9. The molecule has 4 nitrogen and oxygen atoms in total. The van der Waals surface area contributed by atoms with Crippen molar-refractivity contribution in [2.24, 2.45) is 0 Å². The number of nitrogens with one attached hydrogen (secondary N) is 1. The van der Waals surface area contributed by atoms with Crippen LogP contribution in [0.4, 0.5) is 5.69 Å². The fourth-order valence-electron chi connectivity index (χ4n) is 1.60. The zero-order valence-corrected chi connectivity index (χ0v) is 12.9. The van der Waals surface area contributed by atoms with Gasteiger partial charge in [0, 0.05) is 30.1 Å². The number of carbonyl (C=O) groups is 2. The molecular formula is C14H18Cl2N2O2. The molecule has 1 aromatic rings. The van der Waals surface area contributed by atoms with Crippen molar-refractivity contribution in [3.8, 4) is 0 Å². The Morgan fingerprint density at radius 2 is 1.85 bits per heavy atom. The van der Waals surface area contributed by atoms with Crippen LogP contribution in [0.2, 0.25) is 5.02 Å². The molecule has 1 aromatic carbocycles. The van der Waals surface area contributed by atoms with Crippen LogP contribution < -0.4 is 5.32 Å². The number of alkyl halides is 1. The highest BCUT2D eigenvalue weighted by Gasteiger charge is 2.12. The molecule has 0 radical (unpaired) electrons. The van der Waals surface area contributed by atoms with Gasteiger partial charge < -0.3 is 10.2 Å². The lowest BCUT2D eigenvalue weighted by Gasteiger charge is -2.16. The number of halogens is 2. The third-order valence-corrected chi connectivity index (χ3v) is 3.23. The van der Waals surface area contributed by atoms with E-state index in [4.69, 9.17) is 23.2 Å². The Morgan fingerprint density at radius 3 is 2.45 bits per heavy atom. The first-order chi connectivity index (χ1) is 9.52. The van der Waals surface area contributed by atoms with E-state index < -0.39 is 0 Å². The maximum atomic E-state index is 11.8. The average molecular weight is 317 g/mol. The van der Waals surface area contributed by atoms with E-state index in [0.29, 0.717) is 23.0 Å². The molecule has 0 aromatic heterocycles. The summed E-state index contributed by atoms with van der Waals surface area (Å²) in [5, 5.41) is 3.32. The van der Waals surface area contributed by atoms with Gasteiger partial charge in [-0.05, 0) is 37.1 Å². The van der Waals surface area contributed by atoms with E-state index >= 15 is 0 Å². The van der Waals surface area contributed by atoms with Crippen LogP contribution >= 0.6 is 23.2 Å². The number of anilines is 1. The minimum Gasteiger partial charge on any atom is -0.336 e. The molecule has 0 heterocycles. The smallest absolute Gasteiger partial charge is 0.243 e. The van der Waals surface area contributed by atoms with Crippen LogP contribution in [0.5, 0.6) is 0 Å². The van der Waals surface area contributed by atoms with Gasteiger partial charge >= 0.3 is 0 Å². The molecule has 0 fully saturated rings. The highest BCUT2D eigenvalue weighted by atomic mass is 35.5. The fourth-order valence-corrected chi connectivity index (χ4v) is 1.91. The summed E-state index contributed by atoms with van der Waals surface area (Å²) >= 11 is 11.3. The predicted octanol–water partition coefficient (Wildman–Crippen LogP) is 3.15. The number of likely N-dealkylation sites (N-methyl/N-ethyl adjacent to an activating group) is 1. The van der Waals surface area contributed by atoms with E-state index in [0.717, 1.165) is 12.8 Å². The van der Waals surface area contributed by atoms with Crippen molar-refractivity contribution < 1.29 is 9.59 Å². The molecule has 110 valence electrons. The zero-order chi connectivity index (χ0) is 15.0. The fraction of sp³-hybridized carbons (Fsp3) is 0.429. The Hall–Kier alpha value is -1.26. The van der Waals surface area contributed by atoms with Gasteiger partial charge in [0.05, 0.1) is 6.54 Å². The molecule has 0 saturated carbocycles. The zero-order valence-electron chi connectivity index (χ0n) is 11.4. The van der Waals surface area contributed by atoms with Gasteiger partial charge in [-0.3, -0.25) is 9.59 Å². The first kappa shape index (κ1) is 16.8. The molecule has 0 bridgehead atoms. The minimum absolute atomic E-state index is 0.0301. The lowest BCUT2D eigenvalue weighted by molar-refractivity contribution is -0.133.